The minimum atomic E-state index is -0.165. The second kappa shape index (κ2) is 8.14. The molecule has 0 aliphatic heterocycles. The molecule has 4 rings (SSSR count). The van der Waals surface area contributed by atoms with Crippen molar-refractivity contribution in [2.75, 3.05) is 0 Å². The molecule has 7 heteroatoms. The Morgan fingerprint density at radius 2 is 1.82 bits per heavy atom. The molecule has 2 heterocycles. The number of rotatable bonds is 6. The number of carbonyl (C=O) groups is 1. The number of nitrogens with one attached hydrogen (secondary N) is 1. The van der Waals surface area contributed by atoms with Crippen LogP contribution in [0, 0.1) is 6.92 Å². The van der Waals surface area contributed by atoms with Gasteiger partial charge in [-0.25, -0.2) is 14.6 Å². The first kappa shape index (κ1) is 18.1. The lowest BCUT2D eigenvalue weighted by Crippen LogP contribution is -2.23. The summed E-state index contributed by atoms with van der Waals surface area (Å²) in [5, 5.41) is 9.68. The van der Waals surface area contributed by atoms with Crippen LogP contribution in [-0.4, -0.2) is 25.7 Å². The highest BCUT2D eigenvalue weighted by Crippen LogP contribution is 2.24. The van der Waals surface area contributed by atoms with Gasteiger partial charge in [-0.05, 0) is 18.1 Å². The van der Waals surface area contributed by atoms with Crippen molar-refractivity contribution in [2.24, 2.45) is 0 Å². The van der Waals surface area contributed by atoms with Gasteiger partial charge in [-0.2, -0.15) is 5.10 Å². The standard InChI is InChI=1S/C21H19N5OS/c1-15-2-8-18(9-3-15)21-25-19(12-28-21)20(27)23-10-16-4-6-17(7-5-16)11-26-14-22-13-24-26/h2-9,12-14H,10-11H2,1H3,(H,23,27). The largest absolute Gasteiger partial charge is 0.347 e. The van der Waals surface area contributed by atoms with E-state index in [4.69, 9.17) is 0 Å². The third-order valence-electron chi connectivity index (χ3n) is 4.32. The van der Waals surface area contributed by atoms with Gasteiger partial charge in [-0.3, -0.25) is 4.79 Å². The lowest BCUT2D eigenvalue weighted by molar-refractivity contribution is 0.0946. The molecule has 0 bridgehead atoms. The number of nitrogens with zero attached hydrogens (tertiary/aromatic N) is 4. The smallest absolute Gasteiger partial charge is 0.271 e. The van der Waals surface area contributed by atoms with Crippen molar-refractivity contribution in [1.82, 2.24) is 25.1 Å². The summed E-state index contributed by atoms with van der Waals surface area (Å²) in [4.78, 5) is 20.8. The Kier molecular flexibility index (Phi) is 5.25. The maximum atomic E-state index is 12.4. The Hall–Kier alpha value is -3.32. The third kappa shape index (κ3) is 4.32. The van der Waals surface area contributed by atoms with E-state index >= 15 is 0 Å². The molecule has 1 amide bonds. The summed E-state index contributed by atoms with van der Waals surface area (Å²) >= 11 is 1.48. The number of carbonyl (C=O) groups excluding carboxylic acids is 1. The minimum Gasteiger partial charge on any atom is -0.347 e. The monoisotopic (exact) mass is 389 g/mol. The van der Waals surface area contributed by atoms with Crippen LogP contribution < -0.4 is 5.32 Å². The van der Waals surface area contributed by atoms with E-state index < -0.39 is 0 Å². The van der Waals surface area contributed by atoms with Crippen LogP contribution >= 0.6 is 11.3 Å². The van der Waals surface area contributed by atoms with Crippen molar-refractivity contribution in [3.63, 3.8) is 0 Å². The fraction of sp³-hybridized carbons (Fsp3) is 0.143. The number of aromatic nitrogens is 4. The third-order valence-corrected chi connectivity index (χ3v) is 5.21. The molecule has 0 radical (unpaired) electrons. The average molecular weight is 389 g/mol. The van der Waals surface area contributed by atoms with Crippen molar-refractivity contribution in [2.45, 2.75) is 20.0 Å². The average Bonchev–Trinajstić information content (AvgIpc) is 3.40. The van der Waals surface area contributed by atoms with Gasteiger partial charge in [0.1, 0.15) is 23.4 Å². The highest BCUT2D eigenvalue weighted by Gasteiger charge is 2.11. The molecule has 2 aromatic carbocycles. The maximum absolute atomic E-state index is 12.4. The lowest BCUT2D eigenvalue weighted by atomic mass is 10.1. The number of hydrogen-bond donors (Lipinski definition) is 1. The molecule has 4 aromatic rings. The van der Waals surface area contributed by atoms with Gasteiger partial charge in [0.2, 0.25) is 0 Å². The van der Waals surface area contributed by atoms with Gasteiger partial charge in [0.25, 0.3) is 5.91 Å². The number of benzene rings is 2. The minimum absolute atomic E-state index is 0.165. The van der Waals surface area contributed by atoms with Gasteiger partial charge in [0.05, 0.1) is 6.54 Å². The number of aryl methyl sites for hydroxylation is 1. The number of thiazole rings is 1. The molecule has 0 unspecified atom stereocenters. The van der Waals surface area contributed by atoms with E-state index in [0.29, 0.717) is 18.8 Å². The molecule has 0 aliphatic carbocycles. The Morgan fingerprint density at radius 1 is 1.07 bits per heavy atom. The van der Waals surface area contributed by atoms with Crippen LogP contribution in [0.3, 0.4) is 0 Å². The normalized spacial score (nSPS) is 10.8. The van der Waals surface area contributed by atoms with Crippen LogP contribution in [0.5, 0.6) is 0 Å². The van der Waals surface area contributed by atoms with Crippen molar-refractivity contribution < 1.29 is 4.79 Å². The highest BCUT2D eigenvalue weighted by molar-refractivity contribution is 7.13. The number of hydrogen-bond acceptors (Lipinski definition) is 5. The molecule has 140 valence electrons. The van der Waals surface area contributed by atoms with Crippen LogP contribution in [-0.2, 0) is 13.1 Å². The first-order valence-corrected chi connectivity index (χ1v) is 9.76. The zero-order chi connectivity index (χ0) is 19.3. The molecule has 6 nitrogen and oxygen atoms in total. The van der Waals surface area contributed by atoms with E-state index in [1.807, 2.05) is 55.5 Å². The van der Waals surface area contributed by atoms with Gasteiger partial charge < -0.3 is 5.32 Å². The quantitative estimate of drug-likeness (QED) is 0.546. The molecule has 0 fully saturated rings. The fourth-order valence-corrected chi connectivity index (χ4v) is 3.55. The molecule has 0 saturated carbocycles. The van der Waals surface area contributed by atoms with E-state index in [1.165, 1.54) is 23.2 Å². The molecular formula is C21H19N5OS. The zero-order valence-corrected chi connectivity index (χ0v) is 16.2. The first-order valence-electron chi connectivity index (χ1n) is 8.88. The van der Waals surface area contributed by atoms with Crippen molar-refractivity contribution in [1.29, 1.82) is 0 Å². The van der Waals surface area contributed by atoms with Crippen LogP contribution in [0.15, 0.2) is 66.6 Å². The summed E-state index contributed by atoms with van der Waals surface area (Å²) in [6, 6.07) is 16.2. The van der Waals surface area contributed by atoms with Crippen LogP contribution in [0.25, 0.3) is 10.6 Å². The van der Waals surface area contributed by atoms with Gasteiger partial charge in [0, 0.05) is 17.5 Å². The van der Waals surface area contributed by atoms with Crippen LogP contribution in [0.2, 0.25) is 0 Å². The molecule has 0 saturated heterocycles. The zero-order valence-electron chi connectivity index (χ0n) is 15.4. The molecule has 2 aromatic heterocycles. The van der Waals surface area contributed by atoms with Gasteiger partial charge in [0.15, 0.2) is 0 Å². The molecule has 0 spiro atoms. The van der Waals surface area contributed by atoms with Crippen molar-refractivity contribution in [3.8, 4) is 10.6 Å². The Balaban J connectivity index is 1.34. The van der Waals surface area contributed by atoms with Gasteiger partial charge in [-0.15, -0.1) is 11.3 Å². The molecule has 0 aliphatic rings. The molecule has 0 atom stereocenters. The van der Waals surface area contributed by atoms with E-state index in [9.17, 15) is 4.79 Å². The van der Waals surface area contributed by atoms with E-state index in [-0.39, 0.29) is 5.91 Å². The van der Waals surface area contributed by atoms with Gasteiger partial charge >= 0.3 is 0 Å². The summed E-state index contributed by atoms with van der Waals surface area (Å²) in [6.45, 7) is 3.18. The van der Waals surface area contributed by atoms with Crippen LogP contribution in [0.1, 0.15) is 27.2 Å². The summed E-state index contributed by atoms with van der Waals surface area (Å²) in [7, 11) is 0. The summed E-state index contributed by atoms with van der Waals surface area (Å²) in [5.41, 5.74) is 4.83. The Labute approximate surface area is 166 Å². The van der Waals surface area contributed by atoms with Crippen molar-refractivity contribution >= 4 is 17.2 Å². The number of amides is 1. The molecule has 1 N–H and O–H groups in total. The second-order valence-electron chi connectivity index (χ2n) is 6.50. The van der Waals surface area contributed by atoms with E-state index in [1.54, 1.807) is 16.4 Å². The van der Waals surface area contributed by atoms with Gasteiger partial charge in [-0.1, -0.05) is 54.1 Å². The molecule has 28 heavy (non-hydrogen) atoms. The second-order valence-corrected chi connectivity index (χ2v) is 7.35. The Bertz CT molecular complexity index is 1050. The SMILES string of the molecule is Cc1ccc(-c2nc(C(=O)NCc3ccc(Cn4cncn4)cc3)cs2)cc1. The van der Waals surface area contributed by atoms with E-state index in [2.05, 4.69) is 20.4 Å². The fourth-order valence-electron chi connectivity index (χ4n) is 2.74. The predicted molar refractivity (Wildman–Crippen MR) is 109 cm³/mol. The lowest BCUT2D eigenvalue weighted by Gasteiger charge is -2.06. The summed E-state index contributed by atoms with van der Waals surface area (Å²) in [6.07, 6.45) is 3.21. The first-order chi connectivity index (χ1) is 13.7. The van der Waals surface area contributed by atoms with Crippen molar-refractivity contribution in [3.05, 3.63) is 88.9 Å². The maximum Gasteiger partial charge on any atom is 0.271 e. The Morgan fingerprint density at radius 3 is 2.54 bits per heavy atom. The van der Waals surface area contributed by atoms with E-state index in [0.717, 1.165) is 21.7 Å². The van der Waals surface area contributed by atoms with Crippen LogP contribution in [0.4, 0.5) is 0 Å². The summed E-state index contributed by atoms with van der Waals surface area (Å²) < 4.78 is 1.77. The molecular weight excluding hydrogens is 370 g/mol. The summed E-state index contributed by atoms with van der Waals surface area (Å²) in [5.74, 6) is -0.165. The predicted octanol–water partition coefficient (Wildman–Crippen LogP) is 3.69. The topological polar surface area (TPSA) is 72.7 Å². The highest BCUT2D eigenvalue weighted by atomic mass is 32.1.